The Kier molecular flexibility index (Phi) is 9.23. The molecule has 0 heteroatoms. The highest BCUT2D eigenvalue weighted by Crippen LogP contribution is 2.39. The van der Waals surface area contributed by atoms with Crippen molar-refractivity contribution in [3.05, 3.63) is 142 Å². The van der Waals surface area contributed by atoms with Crippen molar-refractivity contribution in [3.63, 3.8) is 0 Å². The van der Waals surface area contributed by atoms with E-state index in [0.29, 0.717) is 11.8 Å². The molecule has 4 rings (SSSR count). The smallest absolute Gasteiger partial charge is 0.00985 e. The maximum atomic E-state index is 2.36. The molecule has 0 aromatic heterocycles. The van der Waals surface area contributed by atoms with Crippen LogP contribution in [-0.4, -0.2) is 0 Å². The number of hydrogen-bond donors (Lipinski definition) is 0. The maximum Gasteiger partial charge on any atom is 0.00985 e. The zero-order valence-electron chi connectivity index (χ0n) is 19.1. The van der Waals surface area contributed by atoms with Crippen molar-refractivity contribution in [2.45, 2.75) is 60.8 Å². The zero-order chi connectivity index (χ0) is 21.8. The Labute approximate surface area is 202 Å². The van der Waals surface area contributed by atoms with Crippen molar-refractivity contribution in [1.82, 2.24) is 0 Å². The Balaban J connectivity index is 0.00000193. The van der Waals surface area contributed by atoms with Crippen LogP contribution >= 0.6 is 0 Å². The normalized spacial score (nSPS) is 10.6. The number of aryl methyl sites for hydroxylation is 4. The minimum atomic E-state index is 0. The lowest BCUT2D eigenvalue weighted by atomic mass is 9.77. The first kappa shape index (κ1) is 26.1. The zero-order valence-corrected chi connectivity index (χ0v) is 19.1. The third kappa shape index (κ3) is 6.45. The van der Waals surface area contributed by atoms with Crippen LogP contribution in [0.4, 0.5) is 0 Å². The molecule has 0 bridgehead atoms. The molecule has 172 valence electrons. The molecule has 0 saturated carbocycles. The van der Waals surface area contributed by atoms with E-state index in [4.69, 9.17) is 0 Å². The van der Waals surface area contributed by atoms with Crippen molar-refractivity contribution < 1.29 is 0 Å². The van der Waals surface area contributed by atoms with Crippen LogP contribution in [0.25, 0.3) is 0 Å². The minimum Gasteiger partial charge on any atom is -0.0776 e. The Hall–Kier alpha value is -3.12. The van der Waals surface area contributed by atoms with Gasteiger partial charge in [-0.2, -0.15) is 0 Å². The summed E-state index contributed by atoms with van der Waals surface area (Å²) in [6.07, 6.45) is 1.04. The van der Waals surface area contributed by atoms with Crippen molar-refractivity contribution >= 4 is 0 Å². The lowest BCUT2D eigenvalue weighted by Gasteiger charge is -2.26. The molecule has 0 unspecified atom stereocenters. The first-order valence-corrected chi connectivity index (χ1v) is 11.3. The molecule has 0 atom stereocenters. The fraction of sp³-hybridized carbons (Fsp3) is 0.273. The van der Waals surface area contributed by atoms with E-state index in [1.54, 1.807) is 0 Å². The van der Waals surface area contributed by atoms with Crippen LogP contribution in [0.1, 0.15) is 77.6 Å². The van der Waals surface area contributed by atoms with Crippen LogP contribution in [0.5, 0.6) is 0 Å². The van der Waals surface area contributed by atoms with Crippen LogP contribution in [0.15, 0.2) is 97.1 Å². The van der Waals surface area contributed by atoms with Crippen LogP contribution in [0, 0.1) is 27.7 Å². The topological polar surface area (TPSA) is 0 Å². The lowest BCUT2D eigenvalue weighted by molar-refractivity contribution is 0.642. The second kappa shape index (κ2) is 11.7. The van der Waals surface area contributed by atoms with Gasteiger partial charge in [0, 0.05) is 11.8 Å². The van der Waals surface area contributed by atoms with E-state index < -0.39 is 0 Å². The lowest BCUT2D eigenvalue weighted by Crippen LogP contribution is -2.10. The van der Waals surface area contributed by atoms with Crippen LogP contribution in [0.2, 0.25) is 0 Å². The van der Waals surface area contributed by atoms with Crippen molar-refractivity contribution in [2.75, 3.05) is 0 Å². The summed E-state index contributed by atoms with van der Waals surface area (Å²) < 4.78 is 0. The van der Waals surface area contributed by atoms with Gasteiger partial charge in [0.1, 0.15) is 0 Å². The molecule has 0 fully saturated rings. The molecule has 0 spiro atoms. The summed E-state index contributed by atoms with van der Waals surface area (Å²) in [6.45, 7) is 8.76. The van der Waals surface area contributed by atoms with E-state index >= 15 is 0 Å². The Morgan fingerprint density at radius 3 is 0.879 bits per heavy atom. The second-order valence-corrected chi connectivity index (χ2v) is 9.00. The summed E-state index contributed by atoms with van der Waals surface area (Å²) in [5, 5.41) is 0. The van der Waals surface area contributed by atoms with Gasteiger partial charge in [-0.25, -0.2) is 0 Å². The van der Waals surface area contributed by atoms with Gasteiger partial charge in [-0.05, 0) is 56.4 Å². The van der Waals surface area contributed by atoms with Gasteiger partial charge in [-0.3, -0.25) is 0 Å². The Bertz CT molecular complexity index is 984. The third-order valence-electron chi connectivity index (χ3n) is 6.25. The average molecular weight is 437 g/mol. The van der Waals surface area contributed by atoms with Gasteiger partial charge in [0.15, 0.2) is 0 Å². The quantitative estimate of drug-likeness (QED) is 0.282. The summed E-state index contributed by atoms with van der Waals surface area (Å²) in [4.78, 5) is 0. The van der Waals surface area contributed by atoms with Crippen molar-refractivity contribution in [2.24, 2.45) is 0 Å². The molecular weight excluding hydrogens is 396 g/mol. The molecule has 0 aliphatic rings. The van der Waals surface area contributed by atoms with E-state index in [1.165, 1.54) is 44.5 Å². The molecule has 33 heavy (non-hydrogen) atoms. The van der Waals surface area contributed by atoms with Gasteiger partial charge in [0.25, 0.3) is 0 Å². The molecule has 0 saturated heterocycles. The molecule has 0 radical (unpaired) electrons. The van der Waals surface area contributed by atoms with E-state index in [-0.39, 0.29) is 14.9 Å². The summed E-state index contributed by atoms with van der Waals surface area (Å²) >= 11 is 0. The SMILES string of the molecule is C.C.Cc1cccc(C(CC(c2cccc(C)c2)c2cccc(C)c2)c2cccc(C)c2)c1. The van der Waals surface area contributed by atoms with Gasteiger partial charge < -0.3 is 0 Å². The molecule has 0 aliphatic heterocycles. The Morgan fingerprint density at radius 2 is 0.667 bits per heavy atom. The molecule has 0 heterocycles. The maximum absolute atomic E-state index is 2.36. The average Bonchev–Trinajstić information content (AvgIpc) is 2.74. The fourth-order valence-corrected chi connectivity index (χ4v) is 4.71. The van der Waals surface area contributed by atoms with Gasteiger partial charge in [0.2, 0.25) is 0 Å². The molecule has 4 aromatic rings. The molecule has 4 aromatic carbocycles. The highest BCUT2D eigenvalue weighted by atomic mass is 14.3. The molecule has 0 amide bonds. The van der Waals surface area contributed by atoms with E-state index in [1.807, 2.05) is 0 Å². The number of hydrogen-bond acceptors (Lipinski definition) is 0. The van der Waals surface area contributed by atoms with Crippen molar-refractivity contribution in [1.29, 1.82) is 0 Å². The summed E-state index contributed by atoms with van der Waals surface area (Å²) in [5.74, 6) is 0.677. The second-order valence-electron chi connectivity index (χ2n) is 9.00. The van der Waals surface area contributed by atoms with Crippen molar-refractivity contribution in [3.8, 4) is 0 Å². The van der Waals surface area contributed by atoms with Crippen LogP contribution in [-0.2, 0) is 0 Å². The Morgan fingerprint density at radius 1 is 0.424 bits per heavy atom. The van der Waals surface area contributed by atoms with E-state index in [9.17, 15) is 0 Å². The highest BCUT2D eigenvalue weighted by molar-refractivity contribution is 5.41. The van der Waals surface area contributed by atoms with Crippen LogP contribution in [0.3, 0.4) is 0 Å². The largest absolute Gasteiger partial charge is 0.0776 e. The first-order valence-electron chi connectivity index (χ1n) is 11.3. The number of rotatable bonds is 6. The van der Waals surface area contributed by atoms with E-state index in [0.717, 1.165) is 6.42 Å². The molecule has 0 N–H and O–H groups in total. The van der Waals surface area contributed by atoms with Gasteiger partial charge in [0.05, 0.1) is 0 Å². The van der Waals surface area contributed by atoms with Gasteiger partial charge in [-0.1, -0.05) is 134 Å². The van der Waals surface area contributed by atoms with Gasteiger partial charge >= 0.3 is 0 Å². The third-order valence-corrected chi connectivity index (χ3v) is 6.25. The summed E-state index contributed by atoms with van der Waals surface area (Å²) in [5.41, 5.74) is 10.9. The number of benzene rings is 4. The highest BCUT2D eigenvalue weighted by Gasteiger charge is 2.23. The molecular formula is C33H40. The predicted octanol–water partition coefficient (Wildman–Crippen LogP) is 9.55. The molecule has 0 nitrogen and oxygen atoms in total. The molecule has 0 aliphatic carbocycles. The van der Waals surface area contributed by atoms with E-state index in [2.05, 4.69) is 125 Å². The monoisotopic (exact) mass is 436 g/mol. The summed E-state index contributed by atoms with van der Waals surface area (Å²) in [7, 11) is 0. The van der Waals surface area contributed by atoms with Crippen LogP contribution < -0.4 is 0 Å². The minimum absolute atomic E-state index is 0. The predicted molar refractivity (Wildman–Crippen MR) is 146 cm³/mol. The first-order chi connectivity index (χ1) is 15.0. The standard InChI is InChI=1S/C31H32.2CH4/c1-22-9-5-13-26(17-22)30(27-14-6-10-23(2)18-27)21-31(28-15-7-11-24(3)19-28)29-16-8-12-25(4)20-29;;/h5-20,30-31H,21H2,1-4H3;2*1H4. The summed E-state index contributed by atoms with van der Waals surface area (Å²) in [6, 6.07) is 36.2. The fourth-order valence-electron chi connectivity index (χ4n) is 4.71. The van der Waals surface area contributed by atoms with Gasteiger partial charge in [-0.15, -0.1) is 0 Å².